The van der Waals surface area contributed by atoms with Crippen molar-refractivity contribution in [1.29, 1.82) is 0 Å². The lowest BCUT2D eigenvalue weighted by Gasteiger charge is -2.16. The number of carbonyl (C=O) groups is 1. The Morgan fingerprint density at radius 1 is 1.26 bits per heavy atom. The lowest BCUT2D eigenvalue weighted by Crippen LogP contribution is -2.25. The highest BCUT2D eigenvalue weighted by Gasteiger charge is 2.31. The van der Waals surface area contributed by atoms with Crippen molar-refractivity contribution >= 4 is 40.6 Å². The molecule has 0 spiro atoms. The maximum atomic E-state index is 13.3. The van der Waals surface area contributed by atoms with Crippen molar-refractivity contribution in [2.75, 3.05) is 22.9 Å². The largest absolute Gasteiger partial charge is 0.354 e. The Morgan fingerprint density at radius 2 is 2.15 bits per heavy atom. The minimum Gasteiger partial charge on any atom is -0.354 e. The number of thiazole rings is 1. The van der Waals surface area contributed by atoms with Gasteiger partial charge in [-0.3, -0.25) is 9.88 Å². The van der Waals surface area contributed by atoms with Crippen LogP contribution in [0.25, 0.3) is 11.3 Å². The van der Waals surface area contributed by atoms with Crippen molar-refractivity contribution in [3.63, 3.8) is 0 Å². The van der Waals surface area contributed by atoms with Crippen molar-refractivity contribution in [3.8, 4) is 11.3 Å². The molecule has 1 fully saturated rings. The smallest absolute Gasteiger partial charge is 0.350 e. The average molecular weight is 407 g/mol. The number of anilines is 2. The number of hydrogen-bond acceptors (Lipinski definition) is 6. The first kappa shape index (κ1) is 17.9. The van der Waals surface area contributed by atoms with E-state index in [4.69, 9.17) is 0 Å². The van der Waals surface area contributed by atoms with Crippen LogP contribution >= 0.6 is 23.7 Å². The topological polar surface area (TPSA) is 67.2 Å². The summed E-state index contributed by atoms with van der Waals surface area (Å²) in [5, 5.41) is 5.25. The fraction of sp³-hybridized carbons (Fsp3) is 0.294. The number of amides is 1. The summed E-state index contributed by atoms with van der Waals surface area (Å²) in [5.74, 6) is 0.771. The second-order valence-corrected chi connectivity index (χ2v) is 7.24. The molecule has 0 bridgehead atoms. The standard InChI is InChI=1S/C17H15FN6OS.ClH/c18-12-3-4-22(8-12)15-2-1-11(6-20-15)14-5-13-9-23(16-7-19-10-26-16)17(25)24(13)21-14;/h1-2,5-7,10,12H,3-4,8-9H2;1H/t12-;/m1./s1. The van der Waals surface area contributed by atoms with Gasteiger partial charge in [-0.15, -0.1) is 23.7 Å². The molecule has 1 saturated heterocycles. The third-order valence-electron chi connectivity index (χ3n) is 4.70. The summed E-state index contributed by atoms with van der Waals surface area (Å²) in [4.78, 5) is 24.6. The molecule has 3 aromatic heterocycles. The maximum Gasteiger partial charge on any atom is 0.350 e. The summed E-state index contributed by atoms with van der Waals surface area (Å²) in [6.07, 6.45) is 3.18. The average Bonchev–Trinajstić information content (AvgIpc) is 3.41. The first-order chi connectivity index (χ1) is 12.7. The molecular weight excluding hydrogens is 391 g/mol. The zero-order valence-corrected chi connectivity index (χ0v) is 15.8. The normalized spacial score (nSPS) is 18.7. The third-order valence-corrected chi connectivity index (χ3v) is 5.49. The molecule has 3 aromatic rings. The number of rotatable bonds is 3. The molecule has 0 aliphatic carbocycles. The van der Waals surface area contributed by atoms with Crippen LogP contribution in [0, 0.1) is 0 Å². The van der Waals surface area contributed by atoms with Gasteiger partial charge in [0, 0.05) is 18.3 Å². The van der Waals surface area contributed by atoms with Gasteiger partial charge in [-0.25, -0.2) is 14.2 Å². The van der Waals surface area contributed by atoms with Crippen molar-refractivity contribution in [3.05, 3.63) is 41.8 Å². The van der Waals surface area contributed by atoms with E-state index >= 15 is 0 Å². The van der Waals surface area contributed by atoms with Crippen LogP contribution in [0.4, 0.5) is 20.0 Å². The minimum absolute atomic E-state index is 0. The number of alkyl halides is 1. The fourth-order valence-corrected chi connectivity index (χ4v) is 3.97. The van der Waals surface area contributed by atoms with Gasteiger partial charge in [-0.05, 0) is 24.6 Å². The summed E-state index contributed by atoms with van der Waals surface area (Å²) in [6, 6.07) is 5.52. The van der Waals surface area contributed by atoms with E-state index in [0.717, 1.165) is 22.1 Å². The predicted molar refractivity (Wildman–Crippen MR) is 104 cm³/mol. The first-order valence-corrected chi connectivity index (χ1v) is 9.22. The quantitative estimate of drug-likeness (QED) is 0.667. The Morgan fingerprint density at radius 3 is 2.78 bits per heavy atom. The second-order valence-electron chi connectivity index (χ2n) is 6.38. The zero-order chi connectivity index (χ0) is 17.7. The molecule has 0 unspecified atom stereocenters. The van der Waals surface area contributed by atoms with E-state index in [2.05, 4.69) is 15.1 Å². The molecule has 5 heterocycles. The zero-order valence-electron chi connectivity index (χ0n) is 14.2. The lowest BCUT2D eigenvalue weighted by atomic mass is 10.2. The highest BCUT2D eigenvalue weighted by molar-refractivity contribution is 7.14. The third kappa shape index (κ3) is 3.06. The highest BCUT2D eigenvalue weighted by atomic mass is 35.5. The summed E-state index contributed by atoms with van der Waals surface area (Å²) in [6.45, 7) is 1.56. The van der Waals surface area contributed by atoms with Crippen LogP contribution in [0.3, 0.4) is 0 Å². The SMILES string of the molecule is Cl.O=C1N(c2cncs2)Cc2cc(-c3ccc(N4CC[C@@H](F)C4)nc3)nn21. The van der Waals surface area contributed by atoms with Gasteiger partial charge < -0.3 is 4.90 Å². The fourth-order valence-electron chi connectivity index (χ4n) is 3.35. The number of hydrogen-bond donors (Lipinski definition) is 0. The van der Waals surface area contributed by atoms with Gasteiger partial charge in [0.1, 0.15) is 17.0 Å². The van der Waals surface area contributed by atoms with E-state index in [1.165, 1.54) is 16.0 Å². The Balaban J connectivity index is 0.00000180. The summed E-state index contributed by atoms with van der Waals surface area (Å²) in [7, 11) is 0. The van der Waals surface area contributed by atoms with Crippen LogP contribution in [0.5, 0.6) is 0 Å². The van der Waals surface area contributed by atoms with Crippen molar-refractivity contribution < 1.29 is 9.18 Å². The Labute approximate surface area is 164 Å². The Bertz CT molecular complexity index is 960. The number of nitrogens with zero attached hydrogens (tertiary/aromatic N) is 6. The van der Waals surface area contributed by atoms with Gasteiger partial charge in [0.25, 0.3) is 0 Å². The molecule has 140 valence electrons. The van der Waals surface area contributed by atoms with E-state index in [1.54, 1.807) is 22.8 Å². The number of pyridine rings is 1. The molecular formula is C17H16ClFN6OS. The van der Waals surface area contributed by atoms with Gasteiger partial charge in [0.2, 0.25) is 0 Å². The van der Waals surface area contributed by atoms with Crippen LogP contribution in [0.2, 0.25) is 0 Å². The van der Waals surface area contributed by atoms with Gasteiger partial charge in [0.05, 0.1) is 36.2 Å². The van der Waals surface area contributed by atoms with Crippen molar-refractivity contribution in [2.24, 2.45) is 0 Å². The first-order valence-electron chi connectivity index (χ1n) is 8.34. The summed E-state index contributed by atoms with van der Waals surface area (Å²) >= 11 is 1.42. The molecule has 10 heteroatoms. The Hall–Kier alpha value is -2.52. The van der Waals surface area contributed by atoms with Gasteiger partial charge in [0.15, 0.2) is 0 Å². The van der Waals surface area contributed by atoms with E-state index in [1.807, 2.05) is 23.1 Å². The van der Waals surface area contributed by atoms with Crippen molar-refractivity contribution in [2.45, 2.75) is 19.1 Å². The van der Waals surface area contributed by atoms with E-state index in [0.29, 0.717) is 31.7 Å². The molecule has 0 radical (unpaired) electrons. The van der Waals surface area contributed by atoms with E-state index in [-0.39, 0.29) is 18.4 Å². The number of fused-ring (bicyclic) bond motifs is 1. The second kappa shape index (κ2) is 6.90. The van der Waals surface area contributed by atoms with Crippen molar-refractivity contribution in [1.82, 2.24) is 19.7 Å². The molecule has 0 aromatic carbocycles. The molecule has 0 N–H and O–H groups in total. The van der Waals surface area contributed by atoms with Crippen LogP contribution < -0.4 is 9.80 Å². The van der Waals surface area contributed by atoms with E-state index < -0.39 is 6.17 Å². The minimum atomic E-state index is -0.778. The van der Waals surface area contributed by atoms with Crippen LogP contribution in [-0.4, -0.2) is 45.0 Å². The highest BCUT2D eigenvalue weighted by Crippen LogP contribution is 2.30. The molecule has 27 heavy (non-hydrogen) atoms. The molecule has 0 saturated carbocycles. The van der Waals surface area contributed by atoms with Gasteiger partial charge >= 0.3 is 6.03 Å². The monoisotopic (exact) mass is 406 g/mol. The summed E-state index contributed by atoms with van der Waals surface area (Å²) in [5.41, 5.74) is 4.08. The summed E-state index contributed by atoms with van der Waals surface area (Å²) < 4.78 is 14.8. The Kier molecular flexibility index (Phi) is 4.56. The molecule has 1 amide bonds. The molecule has 5 rings (SSSR count). The van der Waals surface area contributed by atoms with Gasteiger partial charge in [-0.2, -0.15) is 9.78 Å². The van der Waals surface area contributed by atoms with Crippen LogP contribution in [0.1, 0.15) is 12.1 Å². The van der Waals surface area contributed by atoms with Crippen LogP contribution in [0.15, 0.2) is 36.1 Å². The van der Waals surface area contributed by atoms with Gasteiger partial charge in [-0.1, -0.05) is 0 Å². The molecule has 1 atom stereocenters. The number of carbonyl (C=O) groups excluding carboxylic acids is 1. The lowest BCUT2D eigenvalue weighted by molar-refractivity contribution is 0.248. The molecule has 2 aliphatic rings. The van der Waals surface area contributed by atoms with E-state index in [9.17, 15) is 9.18 Å². The number of halogens is 2. The molecule has 7 nitrogen and oxygen atoms in total. The predicted octanol–water partition coefficient (Wildman–Crippen LogP) is 3.36. The number of aromatic nitrogens is 4. The maximum absolute atomic E-state index is 13.3. The van der Waals surface area contributed by atoms with Crippen LogP contribution in [-0.2, 0) is 6.54 Å². The molecule has 2 aliphatic heterocycles.